The van der Waals surface area contributed by atoms with Crippen LogP contribution in [0.15, 0.2) is 11.1 Å². The normalized spacial score (nSPS) is 22.5. The van der Waals surface area contributed by atoms with Crippen LogP contribution >= 0.6 is 32.6 Å². The van der Waals surface area contributed by atoms with Gasteiger partial charge < -0.3 is 39.1 Å². The molecule has 0 saturated carbocycles. The van der Waals surface area contributed by atoms with Gasteiger partial charge in [0, 0.05) is 84.7 Å². The molecule has 23 heteroatoms. The molecule has 1 aliphatic heterocycles. The molecule has 202 valence electrons. The summed E-state index contributed by atoms with van der Waals surface area (Å²) in [5, 5.41) is 0. The molecule has 7 N–H and O–H groups in total. The first-order chi connectivity index (χ1) is 15.7. The Morgan fingerprint density at radius 3 is 2.11 bits per heavy atom. The van der Waals surface area contributed by atoms with Crippen molar-refractivity contribution in [2.75, 3.05) is 25.7 Å². The molecule has 0 aliphatic carbocycles. The summed E-state index contributed by atoms with van der Waals surface area (Å²) in [5.41, 5.74) is 5.50. The van der Waals surface area contributed by atoms with Crippen molar-refractivity contribution in [3.63, 3.8) is 0 Å². The number of H-pyrrole nitrogens is 1. The van der Waals surface area contributed by atoms with E-state index in [4.69, 9.17) is 48.2 Å². The van der Waals surface area contributed by atoms with Crippen LogP contribution in [0, 0.1) is 5.92 Å². The number of hydrogen-bond donors (Lipinski definition) is 6. The molecular weight excluding hydrogens is 720 g/mol. The van der Waals surface area contributed by atoms with Gasteiger partial charge in [0.15, 0.2) is 33.4 Å². The van der Waals surface area contributed by atoms with Gasteiger partial charge in [0.2, 0.25) is 5.95 Å². The van der Waals surface area contributed by atoms with E-state index in [1.54, 1.807) is 0 Å². The SMILES string of the molecule is CC1C(O[PH](C)=O)[C@H](n2cnc3c(=O)[nH]c(N)nc32)O[C@@H]1CO[PH](C)=O.O=[PH](O)O.O=[PH](O)O.[Y].[Y]. The molecule has 0 spiro atoms. The third kappa shape index (κ3) is 13.4. The fourth-order valence-electron chi connectivity index (χ4n) is 2.95. The average molecular weight is 747 g/mol. The van der Waals surface area contributed by atoms with E-state index < -0.39 is 56.6 Å². The molecule has 3 rings (SSSR count). The number of imidazole rings is 1. The van der Waals surface area contributed by atoms with Gasteiger partial charge in [-0.15, -0.1) is 0 Å². The number of hydrogen-bond acceptors (Lipinski definition) is 11. The number of aromatic nitrogens is 4. The first kappa shape index (κ1) is 39.1. The smallest absolute Gasteiger partial charge is 0.314 e. The summed E-state index contributed by atoms with van der Waals surface area (Å²) in [5.74, 6) is -0.256. The summed E-state index contributed by atoms with van der Waals surface area (Å²) in [6.07, 6.45) is -0.347. The third-order valence-electron chi connectivity index (χ3n) is 4.18. The van der Waals surface area contributed by atoms with Crippen LogP contribution in [0.3, 0.4) is 0 Å². The van der Waals surface area contributed by atoms with Crippen molar-refractivity contribution in [3.8, 4) is 0 Å². The van der Waals surface area contributed by atoms with Crippen molar-refractivity contribution in [2.45, 2.75) is 25.4 Å². The summed E-state index contributed by atoms with van der Waals surface area (Å²) >= 11 is 0. The molecule has 1 aliphatic rings. The van der Waals surface area contributed by atoms with E-state index in [1.807, 2.05) is 6.92 Å². The minimum absolute atomic E-state index is 0. The molecule has 2 aromatic rings. The number of aromatic amines is 1. The predicted octanol–water partition coefficient (Wildman–Crippen LogP) is -0.438. The van der Waals surface area contributed by atoms with Crippen molar-refractivity contribution in [2.24, 2.45) is 5.92 Å². The van der Waals surface area contributed by atoms with Crippen LogP contribution in [0.2, 0.25) is 0 Å². The summed E-state index contributed by atoms with van der Waals surface area (Å²) < 4.78 is 58.8. The fraction of sp³-hybridized carbons (Fsp3) is 0.615. The van der Waals surface area contributed by atoms with Crippen molar-refractivity contribution in [1.29, 1.82) is 0 Å². The Morgan fingerprint density at radius 1 is 1.11 bits per heavy atom. The number of anilines is 1. The molecule has 2 aromatic heterocycles. The fourth-order valence-corrected chi connectivity index (χ4v) is 4.07. The van der Waals surface area contributed by atoms with E-state index in [0.29, 0.717) is 0 Å². The number of fused-ring (bicyclic) bond motifs is 1. The molecule has 0 bridgehead atoms. The van der Waals surface area contributed by atoms with E-state index in [2.05, 4.69) is 15.0 Å². The van der Waals surface area contributed by atoms with Crippen LogP contribution in [-0.2, 0) is 97.5 Å². The van der Waals surface area contributed by atoms with Gasteiger partial charge in [0.1, 0.15) is 6.10 Å². The standard InChI is InChI=1S/C13H21N5O6P2.2H3O3P.2Y/c1-6-7(4-22-25(2)20)23-12(9(6)24-26(3)21)18-5-15-8-10(18)16-13(14)17-11(8)19;2*1-4(2)3;;/h5-7,9,12,25-26H,4H2,1-3H3,(H3,14,16,17,19);2*4H,(H2,1,2,3);;/t6?,7-,9?,12-;;;;/m1..../s1. The Morgan fingerprint density at radius 2 is 1.64 bits per heavy atom. The monoisotopic (exact) mass is 747 g/mol. The Balaban J connectivity index is 0. The quantitative estimate of drug-likeness (QED) is 0.205. The Bertz CT molecular complexity index is 1100. The molecule has 1 fully saturated rings. The zero-order valence-electron chi connectivity index (χ0n) is 19.2. The van der Waals surface area contributed by atoms with Gasteiger partial charge in [-0.05, 0) is 0 Å². The largest absolute Gasteiger partial charge is 0.369 e. The Hall–Kier alpha value is 0.998. The number of nitrogens with zero attached hydrogens (tertiary/aromatic N) is 3. The molecule has 36 heavy (non-hydrogen) atoms. The van der Waals surface area contributed by atoms with Crippen LogP contribution in [0.5, 0.6) is 0 Å². The van der Waals surface area contributed by atoms with Gasteiger partial charge in [-0.25, -0.2) is 4.98 Å². The molecule has 0 amide bonds. The Labute approximate surface area is 257 Å². The first-order valence-electron chi connectivity index (χ1n) is 9.26. The molecule has 17 nitrogen and oxygen atoms in total. The van der Waals surface area contributed by atoms with Gasteiger partial charge in [-0.2, -0.15) is 4.98 Å². The van der Waals surface area contributed by atoms with Crippen LogP contribution in [-0.4, -0.2) is 71.2 Å². The van der Waals surface area contributed by atoms with Crippen molar-refractivity contribution >= 4 is 49.7 Å². The number of ether oxygens (including phenoxy) is 1. The number of nitrogens with two attached hydrogens (primary N) is 1. The Kier molecular flexibility index (Phi) is 20.8. The second-order valence-corrected chi connectivity index (χ2v) is 10.3. The van der Waals surface area contributed by atoms with E-state index in [9.17, 15) is 13.9 Å². The van der Waals surface area contributed by atoms with Crippen LogP contribution in [0.1, 0.15) is 13.2 Å². The molecule has 2 radical (unpaired) electrons. The van der Waals surface area contributed by atoms with Crippen molar-refractivity contribution in [1.82, 2.24) is 19.5 Å². The van der Waals surface area contributed by atoms with Crippen molar-refractivity contribution < 1.29 is 117 Å². The number of nitrogen functional groups attached to an aromatic ring is 1. The molecule has 6 atom stereocenters. The summed E-state index contributed by atoms with van der Waals surface area (Å²) in [7, 11) is -10.6. The zero-order valence-corrected chi connectivity index (χ0v) is 28.9. The van der Waals surface area contributed by atoms with E-state index >= 15 is 0 Å². The summed E-state index contributed by atoms with van der Waals surface area (Å²) in [4.78, 5) is 51.2. The van der Waals surface area contributed by atoms with Gasteiger partial charge in [-0.1, -0.05) is 6.92 Å². The maximum absolute atomic E-state index is 12.0. The van der Waals surface area contributed by atoms with Crippen molar-refractivity contribution in [3.05, 3.63) is 16.7 Å². The molecule has 1 saturated heterocycles. The van der Waals surface area contributed by atoms with Crippen LogP contribution < -0.4 is 11.3 Å². The third-order valence-corrected chi connectivity index (χ3v) is 5.35. The maximum Gasteiger partial charge on any atom is 0.314 e. The summed E-state index contributed by atoms with van der Waals surface area (Å²) in [6.45, 7) is 4.95. The van der Waals surface area contributed by atoms with Gasteiger partial charge in [0.05, 0.1) is 19.0 Å². The second-order valence-electron chi connectivity index (χ2n) is 6.64. The maximum atomic E-state index is 12.0. The van der Waals surface area contributed by atoms with E-state index in [0.717, 1.165) is 0 Å². The van der Waals surface area contributed by atoms with Gasteiger partial charge in [-0.3, -0.25) is 32.6 Å². The summed E-state index contributed by atoms with van der Waals surface area (Å²) in [6, 6.07) is 0. The minimum Gasteiger partial charge on any atom is -0.369 e. The zero-order chi connectivity index (χ0) is 26.2. The molecular formula is C13H27N5O12P4Y2. The molecule has 3 heterocycles. The second kappa shape index (κ2) is 19.1. The van der Waals surface area contributed by atoms with Crippen LogP contribution in [0.25, 0.3) is 11.2 Å². The van der Waals surface area contributed by atoms with E-state index in [1.165, 1.54) is 24.2 Å². The van der Waals surface area contributed by atoms with E-state index in [-0.39, 0.29) is 95.1 Å². The van der Waals surface area contributed by atoms with Crippen LogP contribution in [0.4, 0.5) is 5.95 Å². The first-order valence-corrected chi connectivity index (χ1v) is 15.5. The minimum atomic E-state index is -3.13. The van der Waals surface area contributed by atoms with Gasteiger partial charge >= 0.3 is 16.5 Å². The average Bonchev–Trinajstić information content (AvgIpc) is 3.21. The number of nitrogens with one attached hydrogen (secondary N) is 1. The van der Waals surface area contributed by atoms with Gasteiger partial charge in [0.25, 0.3) is 5.56 Å². The topological polar surface area (TPSA) is 266 Å². The molecule has 4 unspecified atom stereocenters. The molecule has 0 aromatic carbocycles. The predicted molar refractivity (Wildman–Crippen MR) is 123 cm³/mol. The number of rotatable bonds is 6.